The predicted molar refractivity (Wildman–Crippen MR) is 80.7 cm³/mol. The molecule has 0 bridgehead atoms. The number of carboxylic acid groups (broad SMARTS) is 1. The molecule has 2 aliphatic rings. The zero-order valence-electron chi connectivity index (χ0n) is 12.5. The smallest absolute Gasteiger partial charge is 0.307 e. The standard InChI is InChI=1S/C15H25NO3S/c1-4-11-5-12(13(6-11)15(18)19)14(17)16-7-9(2)20-10(3)8-16/h9-13H,4-8H2,1-3H3,(H,18,19). The van der Waals surface area contributed by atoms with Crippen LogP contribution in [0.25, 0.3) is 0 Å². The number of rotatable bonds is 3. The van der Waals surface area contributed by atoms with Crippen LogP contribution in [0.5, 0.6) is 0 Å². The largest absolute Gasteiger partial charge is 0.481 e. The third kappa shape index (κ3) is 3.30. The summed E-state index contributed by atoms with van der Waals surface area (Å²) < 4.78 is 0. The second kappa shape index (κ2) is 6.37. The van der Waals surface area contributed by atoms with Gasteiger partial charge in [-0.3, -0.25) is 9.59 Å². The number of carboxylic acids is 1. The summed E-state index contributed by atoms with van der Waals surface area (Å²) >= 11 is 1.91. The van der Waals surface area contributed by atoms with Crippen LogP contribution in [0.2, 0.25) is 0 Å². The second-order valence-corrected chi connectivity index (χ2v) is 8.18. The molecule has 2 fully saturated rings. The first kappa shape index (κ1) is 15.7. The molecule has 0 aromatic carbocycles. The van der Waals surface area contributed by atoms with Gasteiger partial charge in [0.2, 0.25) is 5.91 Å². The number of hydrogen-bond donors (Lipinski definition) is 1. The normalized spacial score (nSPS) is 38.0. The lowest BCUT2D eigenvalue weighted by Crippen LogP contribution is -2.47. The number of carbonyl (C=O) groups excluding carboxylic acids is 1. The van der Waals surface area contributed by atoms with Crippen molar-refractivity contribution in [2.24, 2.45) is 17.8 Å². The third-order valence-corrected chi connectivity index (χ3v) is 5.83. The molecule has 1 saturated carbocycles. The molecule has 1 saturated heterocycles. The number of thioether (sulfide) groups is 1. The van der Waals surface area contributed by atoms with Gasteiger partial charge in [0.05, 0.1) is 11.8 Å². The highest BCUT2D eigenvalue weighted by molar-refractivity contribution is 8.00. The molecule has 5 atom stereocenters. The molecule has 1 N–H and O–H groups in total. The Morgan fingerprint density at radius 3 is 2.20 bits per heavy atom. The van der Waals surface area contributed by atoms with Gasteiger partial charge in [-0.15, -0.1) is 0 Å². The molecule has 0 radical (unpaired) electrons. The molecule has 1 heterocycles. The lowest BCUT2D eigenvalue weighted by atomic mass is 9.94. The summed E-state index contributed by atoms with van der Waals surface area (Å²) in [5.74, 6) is -1.12. The van der Waals surface area contributed by atoms with Crippen LogP contribution >= 0.6 is 11.8 Å². The molecule has 20 heavy (non-hydrogen) atoms. The van der Waals surface area contributed by atoms with Gasteiger partial charge in [0, 0.05) is 23.6 Å². The first-order chi connectivity index (χ1) is 9.42. The molecule has 5 unspecified atom stereocenters. The van der Waals surface area contributed by atoms with Crippen molar-refractivity contribution in [3.05, 3.63) is 0 Å². The van der Waals surface area contributed by atoms with Gasteiger partial charge in [0.15, 0.2) is 0 Å². The number of aliphatic carboxylic acids is 1. The van der Waals surface area contributed by atoms with Gasteiger partial charge < -0.3 is 10.0 Å². The average molecular weight is 299 g/mol. The maximum absolute atomic E-state index is 12.7. The molecule has 114 valence electrons. The lowest BCUT2D eigenvalue weighted by Gasteiger charge is -2.36. The monoisotopic (exact) mass is 299 g/mol. The van der Waals surface area contributed by atoms with E-state index in [0.717, 1.165) is 25.9 Å². The zero-order valence-corrected chi connectivity index (χ0v) is 13.4. The van der Waals surface area contributed by atoms with Crippen LogP contribution in [-0.4, -0.2) is 45.5 Å². The predicted octanol–water partition coefficient (Wildman–Crippen LogP) is 2.48. The van der Waals surface area contributed by atoms with Crippen molar-refractivity contribution in [3.8, 4) is 0 Å². The minimum Gasteiger partial charge on any atom is -0.481 e. The molecule has 1 aliphatic heterocycles. The number of amides is 1. The Morgan fingerprint density at radius 2 is 1.70 bits per heavy atom. The minimum absolute atomic E-state index is 0.0763. The summed E-state index contributed by atoms with van der Waals surface area (Å²) in [6.07, 6.45) is 2.38. The quantitative estimate of drug-likeness (QED) is 0.870. The summed E-state index contributed by atoms with van der Waals surface area (Å²) in [4.78, 5) is 26.0. The van der Waals surface area contributed by atoms with Crippen LogP contribution < -0.4 is 0 Å². The Labute approximate surface area is 125 Å². The summed E-state index contributed by atoms with van der Waals surface area (Å²) in [5, 5.41) is 10.3. The molecule has 4 nitrogen and oxygen atoms in total. The van der Waals surface area contributed by atoms with E-state index in [2.05, 4.69) is 20.8 Å². The van der Waals surface area contributed by atoms with Crippen LogP contribution in [0.3, 0.4) is 0 Å². The van der Waals surface area contributed by atoms with E-state index in [4.69, 9.17) is 0 Å². The van der Waals surface area contributed by atoms with Crippen LogP contribution in [0.1, 0.15) is 40.0 Å². The van der Waals surface area contributed by atoms with Gasteiger partial charge in [-0.05, 0) is 18.8 Å². The average Bonchev–Trinajstić information content (AvgIpc) is 2.81. The van der Waals surface area contributed by atoms with E-state index in [1.165, 1.54) is 0 Å². The van der Waals surface area contributed by atoms with Gasteiger partial charge in [0.25, 0.3) is 0 Å². The fourth-order valence-corrected chi connectivity index (χ4v) is 4.94. The lowest BCUT2D eigenvalue weighted by molar-refractivity contribution is -0.149. The van der Waals surface area contributed by atoms with Crippen LogP contribution in [-0.2, 0) is 9.59 Å². The third-order valence-electron chi connectivity index (χ3n) is 4.60. The van der Waals surface area contributed by atoms with Crippen LogP contribution in [0, 0.1) is 17.8 Å². The summed E-state index contributed by atoms with van der Waals surface area (Å²) in [5.41, 5.74) is 0. The topological polar surface area (TPSA) is 57.6 Å². The van der Waals surface area contributed by atoms with Crippen LogP contribution in [0.15, 0.2) is 0 Å². The summed E-state index contributed by atoms with van der Waals surface area (Å²) in [6.45, 7) is 7.87. The molecule has 1 aliphatic carbocycles. The van der Waals surface area contributed by atoms with Crippen molar-refractivity contribution in [2.45, 2.75) is 50.5 Å². The van der Waals surface area contributed by atoms with E-state index in [-0.39, 0.29) is 11.8 Å². The fraction of sp³-hybridized carbons (Fsp3) is 0.867. The Balaban J connectivity index is 2.08. The molecule has 0 spiro atoms. The molecule has 0 aromatic rings. The van der Waals surface area contributed by atoms with E-state index in [1.54, 1.807) is 0 Å². The number of hydrogen-bond acceptors (Lipinski definition) is 3. The van der Waals surface area contributed by atoms with E-state index < -0.39 is 11.9 Å². The van der Waals surface area contributed by atoms with E-state index in [0.29, 0.717) is 22.8 Å². The Bertz CT molecular complexity index is 377. The van der Waals surface area contributed by atoms with Crippen molar-refractivity contribution in [1.29, 1.82) is 0 Å². The Kier molecular flexibility index (Phi) is 4.99. The molecule has 1 amide bonds. The first-order valence-corrected chi connectivity index (χ1v) is 8.53. The van der Waals surface area contributed by atoms with Crippen molar-refractivity contribution < 1.29 is 14.7 Å². The molecule has 0 aromatic heterocycles. The van der Waals surface area contributed by atoms with Crippen molar-refractivity contribution in [1.82, 2.24) is 4.90 Å². The summed E-state index contributed by atoms with van der Waals surface area (Å²) in [6, 6.07) is 0. The van der Waals surface area contributed by atoms with Gasteiger partial charge in [-0.25, -0.2) is 0 Å². The molecule has 5 heteroatoms. The Morgan fingerprint density at radius 1 is 1.15 bits per heavy atom. The molecular weight excluding hydrogens is 274 g/mol. The van der Waals surface area contributed by atoms with Crippen molar-refractivity contribution >= 4 is 23.6 Å². The Hall–Kier alpha value is -0.710. The fourth-order valence-electron chi connectivity index (χ4n) is 3.61. The summed E-state index contributed by atoms with van der Waals surface area (Å²) in [7, 11) is 0. The maximum Gasteiger partial charge on any atom is 0.307 e. The minimum atomic E-state index is -0.799. The van der Waals surface area contributed by atoms with E-state index >= 15 is 0 Å². The molecule has 2 rings (SSSR count). The van der Waals surface area contributed by atoms with Gasteiger partial charge in [-0.2, -0.15) is 11.8 Å². The molecular formula is C15H25NO3S. The van der Waals surface area contributed by atoms with Crippen LogP contribution in [0.4, 0.5) is 0 Å². The van der Waals surface area contributed by atoms with Gasteiger partial charge >= 0.3 is 5.97 Å². The van der Waals surface area contributed by atoms with Crippen molar-refractivity contribution in [3.63, 3.8) is 0 Å². The van der Waals surface area contributed by atoms with E-state index in [9.17, 15) is 14.7 Å². The zero-order chi connectivity index (χ0) is 14.9. The first-order valence-electron chi connectivity index (χ1n) is 7.59. The van der Waals surface area contributed by atoms with Crippen molar-refractivity contribution in [2.75, 3.05) is 13.1 Å². The highest BCUT2D eigenvalue weighted by Gasteiger charge is 2.44. The van der Waals surface area contributed by atoms with E-state index in [1.807, 2.05) is 16.7 Å². The number of nitrogens with zero attached hydrogens (tertiary/aromatic N) is 1. The maximum atomic E-state index is 12.7. The highest BCUT2D eigenvalue weighted by atomic mass is 32.2. The van der Waals surface area contributed by atoms with Gasteiger partial charge in [0.1, 0.15) is 0 Å². The number of carbonyl (C=O) groups is 2. The van der Waals surface area contributed by atoms with Gasteiger partial charge in [-0.1, -0.05) is 27.2 Å². The second-order valence-electron chi connectivity index (χ2n) is 6.30. The SMILES string of the molecule is CCC1CC(C(=O)O)C(C(=O)N2CC(C)SC(C)C2)C1. The highest BCUT2D eigenvalue weighted by Crippen LogP contribution is 2.40.